The van der Waals surface area contributed by atoms with Crippen LogP contribution in [0.5, 0.6) is 5.75 Å². The monoisotopic (exact) mass is 391 g/mol. The second kappa shape index (κ2) is 10.8. The summed E-state index contributed by atoms with van der Waals surface area (Å²) < 4.78 is 15.4. The van der Waals surface area contributed by atoms with Gasteiger partial charge in [0, 0.05) is 13.0 Å². The molecule has 28 heavy (non-hydrogen) atoms. The number of hydrogen-bond donors (Lipinski definition) is 2. The molecule has 3 N–H and O–H groups in total. The van der Waals surface area contributed by atoms with Crippen LogP contribution in [0.1, 0.15) is 31.2 Å². The molecule has 0 aliphatic heterocycles. The van der Waals surface area contributed by atoms with Gasteiger partial charge in [0.2, 0.25) is 0 Å². The van der Waals surface area contributed by atoms with Crippen molar-refractivity contribution in [2.24, 2.45) is 11.7 Å². The zero-order chi connectivity index (χ0) is 20.5. The molecule has 0 bridgehead atoms. The van der Waals surface area contributed by atoms with Crippen molar-refractivity contribution >= 4 is 11.9 Å². The van der Waals surface area contributed by atoms with Crippen molar-refractivity contribution in [2.45, 2.75) is 38.2 Å². The average Bonchev–Trinajstić information content (AvgIpc) is 2.73. The fourth-order valence-corrected chi connectivity index (χ4v) is 3.50. The smallest absolute Gasteiger partial charge is 0.334 e. The minimum atomic E-state index is -0.546. The van der Waals surface area contributed by atoms with E-state index in [2.05, 4.69) is 0 Å². The Hall–Kier alpha value is -2.38. The Morgan fingerprint density at radius 1 is 1.04 bits per heavy atom. The molecule has 0 radical (unpaired) electrons. The Morgan fingerprint density at radius 3 is 2.18 bits per heavy atom. The van der Waals surface area contributed by atoms with Gasteiger partial charge >= 0.3 is 11.9 Å². The van der Waals surface area contributed by atoms with E-state index in [0.717, 1.165) is 5.56 Å². The predicted molar refractivity (Wildman–Crippen MR) is 104 cm³/mol. The lowest BCUT2D eigenvalue weighted by Gasteiger charge is -2.28. The molecule has 7 nitrogen and oxygen atoms in total. The number of aliphatic hydroxyl groups excluding tert-OH is 1. The van der Waals surface area contributed by atoms with Crippen molar-refractivity contribution in [3.63, 3.8) is 0 Å². The first-order valence-electron chi connectivity index (χ1n) is 9.49. The molecular weight excluding hydrogens is 362 g/mol. The molecule has 1 aliphatic carbocycles. The van der Waals surface area contributed by atoms with E-state index in [0.29, 0.717) is 55.7 Å². The van der Waals surface area contributed by atoms with Gasteiger partial charge in [-0.15, -0.1) is 0 Å². The minimum Gasteiger partial charge on any atom is -0.492 e. The van der Waals surface area contributed by atoms with Crippen LogP contribution >= 0.6 is 0 Å². The van der Waals surface area contributed by atoms with E-state index >= 15 is 0 Å². The summed E-state index contributed by atoms with van der Waals surface area (Å²) in [7, 11) is 2.60. The maximum atomic E-state index is 12.5. The molecule has 0 saturated heterocycles. The fraction of sp³-hybridized carbons (Fsp3) is 0.524. The zero-order valence-electron chi connectivity index (χ0n) is 16.5. The van der Waals surface area contributed by atoms with Gasteiger partial charge in [-0.05, 0) is 49.3 Å². The maximum Gasteiger partial charge on any atom is 0.334 e. The van der Waals surface area contributed by atoms with E-state index < -0.39 is 11.9 Å². The number of hydrogen-bond acceptors (Lipinski definition) is 7. The summed E-state index contributed by atoms with van der Waals surface area (Å²) in [5.41, 5.74) is 6.93. The highest BCUT2D eigenvalue weighted by atomic mass is 16.5. The highest BCUT2D eigenvalue weighted by molar-refractivity contribution is 6.01. The molecule has 0 unspecified atom stereocenters. The standard InChI is InChI=1S/C21H29NO6/c1-26-20(24)18(13-14-3-9-17(10-4-14)28-12-11-22)19(21(25)27-2)15-5-7-16(23)8-6-15/h3-4,9-10,15-16,23H,5-8,11-13,22H2,1-2H3/t15-,16+. The van der Waals surface area contributed by atoms with Gasteiger partial charge in [0.1, 0.15) is 12.4 Å². The van der Waals surface area contributed by atoms with Crippen LogP contribution in [0.25, 0.3) is 0 Å². The summed E-state index contributed by atoms with van der Waals surface area (Å²) in [6.45, 7) is 0.849. The minimum absolute atomic E-state index is 0.142. The topological polar surface area (TPSA) is 108 Å². The van der Waals surface area contributed by atoms with Crippen LogP contribution in [0, 0.1) is 5.92 Å². The number of benzene rings is 1. The quantitative estimate of drug-likeness (QED) is 0.513. The van der Waals surface area contributed by atoms with E-state index in [1.54, 1.807) is 12.1 Å². The predicted octanol–water partition coefficient (Wildman–Crippen LogP) is 1.76. The number of nitrogens with two attached hydrogens (primary N) is 1. The van der Waals surface area contributed by atoms with Crippen LogP contribution in [-0.4, -0.2) is 50.5 Å². The van der Waals surface area contributed by atoms with Gasteiger partial charge in [0.15, 0.2) is 0 Å². The molecule has 1 saturated carbocycles. The van der Waals surface area contributed by atoms with E-state index in [4.69, 9.17) is 19.9 Å². The maximum absolute atomic E-state index is 12.5. The molecule has 0 aromatic heterocycles. The van der Waals surface area contributed by atoms with Gasteiger partial charge < -0.3 is 25.1 Å². The van der Waals surface area contributed by atoms with E-state index in [9.17, 15) is 14.7 Å². The van der Waals surface area contributed by atoms with Crippen LogP contribution in [0.3, 0.4) is 0 Å². The summed E-state index contributed by atoms with van der Waals surface area (Å²) in [4.78, 5) is 25.1. The van der Waals surface area contributed by atoms with Crippen molar-refractivity contribution in [3.8, 4) is 5.75 Å². The van der Waals surface area contributed by atoms with Crippen LogP contribution in [-0.2, 0) is 25.5 Å². The van der Waals surface area contributed by atoms with Crippen molar-refractivity contribution in [1.82, 2.24) is 0 Å². The molecule has 1 aliphatic rings. The van der Waals surface area contributed by atoms with Crippen molar-refractivity contribution < 1.29 is 28.9 Å². The number of carbonyl (C=O) groups excluding carboxylic acids is 2. The molecule has 0 heterocycles. The van der Waals surface area contributed by atoms with E-state index in [-0.39, 0.29) is 18.4 Å². The first kappa shape index (κ1) is 21.9. The van der Waals surface area contributed by atoms with Gasteiger partial charge in [-0.2, -0.15) is 0 Å². The van der Waals surface area contributed by atoms with Crippen molar-refractivity contribution in [3.05, 3.63) is 41.0 Å². The Kier molecular flexibility index (Phi) is 8.47. The number of methoxy groups -OCH3 is 2. The number of esters is 2. The summed E-state index contributed by atoms with van der Waals surface area (Å²) >= 11 is 0. The number of aliphatic hydroxyl groups is 1. The second-order valence-corrected chi connectivity index (χ2v) is 6.84. The Bertz CT molecular complexity index is 689. The average molecular weight is 391 g/mol. The Labute approximate surface area is 165 Å². The van der Waals surface area contributed by atoms with Crippen molar-refractivity contribution in [1.29, 1.82) is 0 Å². The number of ether oxygens (including phenoxy) is 3. The molecule has 2 rings (SSSR count). The van der Waals surface area contributed by atoms with E-state index in [1.165, 1.54) is 14.2 Å². The first-order valence-corrected chi connectivity index (χ1v) is 9.49. The lowest BCUT2D eigenvalue weighted by atomic mass is 9.79. The fourth-order valence-electron chi connectivity index (χ4n) is 3.50. The molecule has 7 heteroatoms. The molecule has 0 spiro atoms. The Morgan fingerprint density at radius 2 is 1.64 bits per heavy atom. The van der Waals surface area contributed by atoms with Gasteiger partial charge in [-0.25, -0.2) is 9.59 Å². The molecular formula is C21H29NO6. The van der Waals surface area contributed by atoms with E-state index in [1.807, 2.05) is 12.1 Å². The summed E-state index contributed by atoms with van der Waals surface area (Å²) in [5.74, 6) is -0.524. The summed E-state index contributed by atoms with van der Waals surface area (Å²) in [5, 5.41) is 9.78. The van der Waals surface area contributed by atoms with Crippen LogP contribution in [0.2, 0.25) is 0 Å². The van der Waals surface area contributed by atoms with Crippen molar-refractivity contribution in [2.75, 3.05) is 27.4 Å². The largest absolute Gasteiger partial charge is 0.492 e. The second-order valence-electron chi connectivity index (χ2n) is 6.84. The summed E-state index contributed by atoms with van der Waals surface area (Å²) in [6.07, 6.45) is 2.31. The third-order valence-corrected chi connectivity index (χ3v) is 4.96. The molecule has 154 valence electrons. The third-order valence-electron chi connectivity index (χ3n) is 4.96. The van der Waals surface area contributed by atoms with Gasteiger partial charge in [-0.1, -0.05) is 12.1 Å². The Balaban J connectivity index is 2.34. The lowest BCUT2D eigenvalue weighted by molar-refractivity contribution is -0.140. The summed E-state index contributed by atoms with van der Waals surface area (Å²) in [6, 6.07) is 7.28. The SMILES string of the molecule is COC(=O)C(Cc1ccc(OCCN)cc1)=C(C(=O)OC)[C@H]1CC[C@@H](O)CC1. The highest BCUT2D eigenvalue weighted by Gasteiger charge is 2.32. The lowest BCUT2D eigenvalue weighted by Crippen LogP contribution is -2.27. The van der Waals surface area contributed by atoms with Crippen LogP contribution in [0.15, 0.2) is 35.4 Å². The molecule has 1 fully saturated rings. The van der Waals surface area contributed by atoms with Crippen LogP contribution < -0.4 is 10.5 Å². The van der Waals surface area contributed by atoms with Crippen LogP contribution in [0.4, 0.5) is 0 Å². The molecule has 1 aromatic carbocycles. The number of rotatable bonds is 8. The molecule has 1 aromatic rings. The van der Waals surface area contributed by atoms with Gasteiger partial charge in [0.05, 0.1) is 31.5 Å². The normalized spacial score (nSPS) is 20.1. The zero-order valence-corrected chi connectivity index (χ0v) is 16.5. The number of carbonyl (C=O) groups is 2. The van der Waals surface area contributed by atoms with Gasteiger partial charge in [0.25, 0.3) is 0 Å². The van der Waals surface area contributed by atoms with Gasteiger partial charge in [-0.3, -0.25) is 0 Å². The molecule has 0 amide bonds. The third kappa shape index (κ3) is 5.81. The highest BCUT2D eigenvalue weighted by Crippen LogP contribution is 2.33. The first-order chi connectivity index (χ1) is 13.5. The molecule has 0 atom stereocenters.